The summed E-state index contributed by atoms with van der Waals surface area (Å²) in [5.74, 6) is -8.96. The second-order valence-corrected chi connectivity index (χ2v) is 13.4. The lowest BCUT2D eigenvalue weighted by Crippen LogP contribution is -2.59. The fraction of sp³-hybridized carbons (Fsp3) is 0.613. The number of aliphatic carboxylic acids is 1. The van der Waals surface area contributed by atoms with E-state index < -0.39 is 114 Å². The zero-order valence-electron chi connectivity index (χ0n) is 30.6. The Bertz CT molecular complexity index is 1500. The number of nitrogens with two attached hydrogens (primary N) is 3. The van der Waals surface area contributed by atoms with Crippen LogP contribution in [0.25, 0.3) is 0 Å². The molecule has 0 bridgehead atoms. The molecule has 7 atom stereocenters. The van der Waals surface area contributed by atoms with Crippen molar-refractivity contribution in [2.75, 3.05) is 24.6 Å². The summed E-state index contributed by atoms with van der Waals surface area (Å²) in [5, 5.41) is 26.0. The second kappa shape index (κ2) is 24.5. The molecule has 0 fully saturated rings. The third-order valence-corrected chi connectivity index (χ3v) is 8.51. The normalized spacial score (nSPS) is 14.8. The molecule has 22 nitrogen and oxygen atoms in total. The number of carbonyl (C=O) groups excluding carboxylic acids is 8. The van der Waals surface area contributed by atoms with Crippen LogP contribution in [0.5, 0.6) is 0 Å². The number of aromatic nitrogens is 2. The molecule has 0 aromatic carbocycles. The number of nitrogens with one attached hydrogen (secondary N) is 8. The third kappa shape index (κ3) is 17.4. The molecule has 0 aliphatic heterocycles. The van der Waals surface area contributed by atoms with Crippen LogP contribution in [-0.2, 0) is 49.6 Å². The maximum atomic E-state index is 13.4. The average Bonchev–Trinajstić information content (AvgIpc) is 3.64. The van der Waals surface area contributed by atoms with E-state index in [2.05, 4.69) is 72.4 Å². The number of H-pyrrole nitrogens is 1. The van der Waals surface area contributed by atoms with Gasteiger partial charge in [0.05, 0.1) is 25.3 Å². The Balaban J connectivity index is 2.96. The van der Waals surface area contributed by atoms with E-state index in [1.807, 2.05) is 0 Å². The van der Waals surface area contributed by atoms with Crippen LogP contribution in [0.2, 0.25) is 0 Å². The standard InChI is InChI=1S/C31H52N12O10S2/c1-14(2)24(30(51)41-20(8-22(34)44)29(50)42-21(12-55)31(52)53)43-23(45)10-36-25(46)15(3)38-28(49)19(7-16-9-35-13-37-16)40-27(48)18(5-4-6-32)39-26(47)17(33)11-54/h9,13-15,17-21,24,54-55H,4-8,10-12,32-33H2,1-3H3,(H2,34,44)(H,35,37)(H,36,46)(H,38,49)(H,39,47)(H,40,48)(H,41,51)(H,42,50)(H,43,45)(H,52,53)/t15-,17-,18-,19-,20-,21-,24?/m0/s1. The Labute approximate surface area is 328 Å². The minimum absolute atomic E-state index is 0.0190. The fourth-order valence-corrected chi connectivity index (χ4v) is 5.05. The lowest BCUT2D eigenvalue weighted by Gasteiger charge is -2.26. The maximum absolute atomic E-state index is 13.4. The first kappa shape index (κ1) is 48.1. The molecular weight excluding hydrogens is 765 g/mol. The van der Waals surface area contributed by atoms with Crippen molar-refractivity contribution in [1.29, 1.82) is 0 Å². The van der Waals surface area contributed by atoms with Gasteiger partial charge in [-0.05, 0) is 32.2 Å². The van der Waals surface area contributed by atoms with E-state index in [0.717, 1.165) is 0 Å². The zero-order chi connectivity index (χ0) is 41.8. The average molecular weight is 817 g/mol. The van der Waals surface area contributed by atoms with Gasteiger partial charge in [-0.25, -0.2) is 9.78 Å². The molecule has 1 aromatic heterocycles. The Hall–Kier alpha value is -4.94. The van der Waals surface area contributed by atoms with E-state index >= 15 is 0 Å². The number of amides is 8. The highest BCUT2D eigenvalue weighted by atomic mass is 32.1. The lowest BCUT2D eigenvalue weighted by atomic mass is 10.0. The van der Waals surface area contributed by atoms with E-state index in [1.165, 1.54) is 19.4 Å². The van der Waals surface area contributed by atoms with E-state index in [0.29, 0.717) is 12.1 Å². The molecular formula is C31H52N12O10S2. The van der Waals surface area contributed by atoms with Gasteiger partial charge < -0.3 is 64.5 Å². The van der Waals surface area contributed by atoms with Crippen LogP contribution in [0.15, 0.2) is 12.5 Å². The first-order valence-corrected chi connectivity index (χ1v) is 18.4. The molecule has 0 saturated carbocycles. The quantitative estimate of drug-likeness (QED) is 0.0410. The van der Waals surface area contributed by atoms with Gasteiger partial charge in [-0.3, -0.25) is 38.4 Å². The lowest BCUT2D eigenvalue weighted by molar-refractivity contribution is -0.141. The van der Waals surface area contributed by atoms with Gasteiger partial charge in [0.15, 0.2) is 0 Å². The number of carboxylic acids is 1. The SMILES string of the molecule is CC(C)C(NC(=O)CNC(=O)[C@H](C)NC(=O)[C@H](Cc1cnc[nH]1)NC(=O)[C@H](CCCN)NC(=O)[C@@H](N)CS)C(=O)N[C@@H](CC(N)=O)C(=O)N[C@@H](CS)C(=O)O. The third-order valence-electron chi connectivity index (χ3n) is 7.75. The zero-order valence-corrected chi connectivity index (χ0v) is 32.4. The van der Waals surface area contributed by atoms with E-state index in [1.54, 1.807) is 13.8 Å². The van der Waals surface area contributed by atoms with Crippen molar-refractivity contribution in [3.8, 4) is 0 Å². The minimum atomic E-state index is -1.58. The van der Waals surface area contributed by atoms with Gasteiger partial charge in [0.2, 0.25) is 47.3 Å². The Kier molecular flexibility index (Phi) is 21.4. The molecule has 55 heavy (non-hydrogen) atoms. The van der Waals surface area contributed by atoms with Gasteiger partial charge in [0, 0.05) is 29.8 Å². The Morgan fingerprint density at radius 3 is 1.89 bits per heavy atom. The van der Waals surface area contributed by atoms with Gasteiger partial charge in [0.25, 0.3) is 0 Å². The molecule has 0 aliphatic rings. The van der Waals surface area contributed by atoms with Gasteiger partial charge in [-0.2, -0.15) is 25.3 Å². The monoisotopic (exact) mass is 816 g/mol. The molecule has 24 heteroatoms. The van der Waals surface area contributed by atoms with Crippen molar-refractivity contribution in [2.24, 2.45) is 23.1 Å². The smallest absolute Gasteiger partial charge is 0.327 e. The Morgan fingerprint density at radius 1 is 0.782 bits per heavy atom. The minimum Gasteiger partial charge on any atom is -0.480 e. The maximum Gasteiger partial charge on any atom is 0.327 e. The summed E-state index contributed by atoms with van der Waals surface area (Å²) in [6.45, 7) is 4.01. The van der Waals surface area contributed by atoms with Crippen molar-refractivity contribution in [1.82, 2.24) is 47.2 Å². The number of rotatable bonds is 25. The summed E-state index contributed by atoms with van der Waals surface area (Å²) >= 11 is 7.85. The Morgan fingerprint density at radius 2 is 1.36 bits per heavy atom. The summed E-state index contributed by atoms with van der Waals surface area (Å²) in [6, 6.07) is -8.89. The number of imidazole rings is 1. The number of carbonyl (C=O) groups is 9. The van der Waals surface area contributed by atoms with Crippen LogP contribution in [0.4, 0.5) is 0 Å². The summed E-state index contributed by atoms with van der Waals surface area (Å²) in [5.41, 5.74) is 17.0. The molecule has 0 saturated heterocycles. The predicted molar refractivity (Wildman–Crippen MR) is 203 cm³/mol. The van der Waals surface area contributed by atoms with E-state index in [9.17, 15) is 48.3 Å². The van der Waals surface area contributed by atoms with Crippen molar-refractivity contribution in [3.63, 3.8) is 0 Å². The molecule has 0 spiro atoms. The first-order valence-electron chi connectivity index (χ1n) is 17.1. The van der Waals surface area contributed by atoms with Crippen molar-refractivity contribution in [2.45, 2.75) is 88.7 Å². The van der Waals surface area contributed by atoms with Crippen molar-refractivity contribution in [3.05, 3.63) is 18.2 Å². The summed E-state index contributed by atoms with van der Waals surface area (Å²) < 4.78 is 0. The summed E-state index contributed by atoms with van der Waals surface area (Å²) in [6.07, 6.45) is 2.52. The number of aromatic amines is 1. The molecule has 8 amide bonds. The largest absolute Gasteiger partial charge is 0.480 e. The van der Waals surface area contributed by atoms with Crippen molar-refractivity contribution < 1.29 is 48.3 Å². The number of carboxylic acid groups (broad SMARTS) is 1. The highest BCUT2D eigenvalue weighted by molar-refractivity contribution is 7.80. The van der Waals surface area contributed by atoms with Crippen LogP contribution < -0.4 is 54.4 Å². The first-order chi connectivity index (χ1) is 25.8. The van der Waals surface area contributed by atoms with Gasteiger partial charge >= 0.3 is 5.97 Å². The van der Waals surface area contributed by atoms with Crippen LogP contribution in [0.1, 0.15) is 45.7 Å². The van der Waals surface area contributed by atoms with Gasteiger partial charge in [0.1, 0.15) is 36.3 Å². The number of thiol groups is 2. The summed E-state index contributed by atoms with van der Waals surface area (Å²) in [4.78, 5) is 120. The van der Waals surface area contributed by atoms with Crippen LogP contribution in [0.3, 0.4) is 0 Å². The number of hydrogen-bond donors (Lipinski definition) is 14. The molecule has 0 radical (unpaired) electrons. The molecule has 15 N–H and O–H groups in total. The number of hydrogen-bond acceptors (Lipinski definition) is 14. The molecule has 1 aromatic rings. The van der Waals surface area contributed by atoms with Crippen LogP contribution >= 0.6 is 25.3 Å². The fourth-order valence-electron chi connectivity index (χ4n) is 4.64. The second-order valence-electron chi connectivity index (χ2n) is 12.7. The molecule has 1 unspecified atom stereocenters. The number of nitrogens with zero attached hydrogens (tertiary/aromatic N) is 1. The van der Waals surface area contributed by atoms with Gasteiger partial charge in [-0.15, -0.1) is 0 Å². The molecule has 1 rings (SSSR count). The highest BCUT2D eigenvalue weighted by Gasteiger charge is 2.33. The van der Waals surface area contributed by atoms with Crippen LogP contribution in [-0.4, -0.2) is 135 Å². The summed E-state index contributed by atoms with van der Waals surface area (Å²) in [7, 11) is 0. The number of primary amides is 1. The molecule has 308 valence electrons. The van der Waals surface area contributed by atoms with E-state index in [-0.39, 0.29) is 30.9 Å². The highest BCUT2D eigenvalue weighted by Crippen LogP contribution is 2.06. The van der Waals surface area contributed by atoms with Crippen LogP contribution in [0, 0.1) is 5.92 Å². The van der Waals surface area contributed by atoms with Crippen molar-refractivity contribution >= 4 is 78.5 Å². The molecule has 0 aliphatic carbocycles. The predicted octanol–water partition coefficient (Wildman–Crippen LogP) is -5.46. The van der Waals surface area contributed by atoms with Gasteiger partial charge in [-0.1, -0.05) is 13.8 Å². The molecule has 1 heterocycles. The van der Waals surface area contributed by atoms with E-state index in [4.69, 9.17) is 17.2 Å². The topological polar surface area (TPSA) is 365 Å².